The summed E-state index contributed by atoms with van der Waals surface area (Å²) in [5.74, 6) is 0.815. The van der Waals surface area contributed by atoms with Gasteiger partial charge in [0.05, 0.1) is 22.7 Å². The van der Waals surface area contributed by atoms with Gasteiger partial charge >= 0.3 is 0 Å². The van der Waals surface area contributed by atoms with Crippen LogP contribution < -0.4 is 16.4 Å². The minimum atomic E-state index is -0.302. The first-order valence-electron chi connectivity index (χ1n) is 14.3. The fraction of sp³-hybridized carbons (Fsp3) is 0.0278. The predicted molar refractivity (Wildman–Crippen MR) is 186 cm³/mol. The van der Waals surface area contributed by atoms with E-state index in [-0.39, 0.29) is 11.6 Å². The summed E-state index contributed by atoms with van der Waals surface area (Å²) in [4.78, 5) is 9.36. The molecule has 0 amide bonds. The molecule has 0 aliphatic rings. The maximum Gasteiger partial charge on any atom is 0.139 e. The van der Waals surface area contributed by atoms with Crippen LogP contribution in [-0.2, 0) is 6.54 Å². The molecule has 0 unspecified atom stereocenters. The fourth-order valence-electron chi connectivity index (χ4n) is 5.24. The van der Waals surface area contributed by atoms with E-state index >= 15 is 0 Å². The number of nitrogens with zero attached hydrogens (tertiary/aromatic N) is 3. The van der Waals surface area contributed by atoms with Gasteiger partial charge in [0.25, 0.3) is 0 Å². The number of aromatic nitrogens is 2. The Hall–Kier alpha value is -5.47. The van der Waals surface area contributed by atoms with E-state index in [2.05, 4.69) is 27.8 Å². The van der Waals surface area contributed by atoms with E-state index in [9.17, 15) is 8.78 Å². The number of fused-ring (bicyclic) bond motifs is 6. The number of rotatable bonds is 5. The number of nitriles is 1. The number of nitrogens with one attached hydrogen (secondary N) is 2. The molecule has 0 aliphatic heterocycles. The number of thiophene rings is 2. The lowest BCUT2D eigenvalue weighted by molar-refractivity contribution is 0.628. The Kier molecular flexibility index (Phi) is 7.95. The van der Waals surface area contributed by atoms with Gasteiger partial charge in [0.1, 0.15) is 23.3 Å². The Morgan fingerprint density at radius 2 is 1.20 bits per heavy atom. The van der Waals surface area contributed by atoms with Gasteiger partial charge in [-0.2, -0.15) is 5.26 Å². The van der Waals surface area contributed by atoms with Crippen LogP contribution in [0, 0.1) is 23.0 Å². The first kappa shape index (κ1) is 29.3. The summed E-state index contributed by atoms with van der Waals surface area (Å²) in [5.41, 5.74) is 10.3. The summed E-state index contributed by atoms with van der Waals surface area (Å²) < 4.78 is 29.0. The van der Waals surface area contributed by atoms with E-state index in [4.69, 9.17) is 16.0 Å². The second kappa shape index (κ2) is 12.5. The zero-order valence-corrected chi connectivity index (χ0v) is 25.7. The smallest absolute Gasteiger partial charge is 0.139 e. The van der Waals surface area contributed by atoms with Gasteiger partial charge in [-0.1, -0.05) is 30.3 Å². The van der Waals surface area contributed by atoms with Crippen LogP contribution in [0.5, 0.6) is 0 Å². The Morgan fingerprint density at radius 1 is 0.652 bits per heavy atom. The normalized spacial score (nSPS) is 11.0. The van der Waals surface area contributed by atoms with Crippen molar-refractivity contribution in [1.82, 2.24) is 9.97 Å². The second-order valence-electron chi connectivity index (χ2n) is 10.4. The number of nitrogens with two attached hydrogens (primary N) is 1. The molecular formula is C36H24F2N6S2. The average molecular weight is 643 g/mol. The molecule has 0 spiro atoms. The highest BCUT2D eigenvalue weighted by Crippen LogP contribution is 2.36. The van der Waals surface area contributed by atoms with Crippen molar-refractivity contribution in [3.8, 4) is 6.07 Å². The third-order valence-corrected chi connectivity index (χ3v) is 9.29. The van der Waals surface area contributed by atoms with Crippen LogP contribution in [0.1, 0.15) is 11.1 Å². The van der Waals surface area contributed by atoms with E-state index in [1.165, 1.54) is 24.3 Å². The number of benzene rings is 4. The zero-order valence-electron chi connectivity index (χ0n) is 24.1. The van der Waals surface area contributed by atoms with Crippen LogP contribution in [0.2, 0.25) is 0 Å². The van der Waals surface area contributed by atoms with Crippen molar-refractivity contribution in [3.05, 3.63) is 131 Å². The molecule has 8 aromatic rings. The number of anilines is 4. The SMILES string of the molecule is N#Cc1ccc2c(c1)nc(Nc1cccc(F)c1)c1ccsc12.NCc1ccc2c(c1)nc(Nc1cccc(F)c1)c1ccsc12. The highest BCUT2D eigenvalue weighted by atomic mass is 32.1. The van der Waals surface area contributed by atoms with Gasteiger partial charge in [-0.3, -0.25) is 0 Å². The molecule has 46 heavy (non-hydrogen) atoms. The lowest BCUT2D eigenvalue weighted by Gasteiger charge is -2.10. The minimum absolute atomic E-state index is 0.275. The van der Waals surface area contributed by atoms with Crippen molar-refractivity contribution >= 4 is 87.7 Å². The maximum absolute atomic E-state index is 13.4. The van der Waals surface area contributed by atoms with Gasteiger partial charge in [-0.05, 0) is 83.1 Å². The molecule has 0 saturated carbocycles. The average Bonchev–Trinajstić information content (AvgIpc) is 3.76. The number of hydrogen-bond donors (Lipinski definition) is 3. The van der Waals surface area contributed by atoms with E-state index in [0.29, 0.717) is 29.3 Å². The Morgan fingerprint density at radius 3 is 1.72 bits per heavy atom. The molecule has 4 aromatic heterocycles. The second-order valence-corrected chi connectivity index (χ2v) is 12.2. The lowest BCUT2D eigenvalue weighted by Crippen LogP contribution is -1.98. The lowest BCUT2D eigenvalue weighted by atomic mass is 10.1. The largest absolute Gasteiger partial charge is 0.340 e. The third-order valence-electron chi connectivity index (χ3n) is 7.39. The van der Waals surface area contributed by atoms with Gasteiger partial charge in [0.15, 0.2) is 0 Å². The van der Waals surface area contributed by atoms with Gasteiger partial charge in [-0.25, -0.2) is 18.7 Å². The molecule has 224 valence electrons. The quantitative estimate of drug-likeness (QED) is 0.173. The van der Waals surface area contributed by atoms with Gasteiger partial charge in [-0.15, -0.1) is 22.7 Å². The highest BCUT2D eigenvalue weighted by molar-refractivity contribution is 7.18. The summed E-state index contributed by atoms with van der Waals surface area (Å²) >= 11 is 3.29. The molecule has 0 bridgehead atoms. The predicted octanol–water partition coefficient (Wildman–Crippen LogP) is 9.99. The van der Waals surface area contributed by atoms with Crippen LogP contribution in [-0.4, -0.2) is 9.97 Å². The Balaban J connectivity index is 0.000000147. The molecule has 0 saturated heterocycles. The Bertz CT molecular complexity index is 2430. The topological polar surface area (TPSA) is 99.7 Å². The minimum Gasteiger partial charge on any atom is -0.340 e. The molecule has 0 aliphatic carbocycles. The van der Waals surface area contributed by atoms with Crippen LogP contribution in [0.15, 0.2) is 108 Å². The monoisotopic (exact) mass is 642 g/mol. The van der Waals surface area contributed by atoms with Crippen molar-refractivity contribution in [3.63, 3.8) is 0 Å². The molecule has 4 N–H and O–H groups in total. The first-order chi connectivity index (χ1) is 22.5. The van der Waals surface area contributed by atoms with Crippen LogP contribution in [0.3, 0.4) is 0 Å². The van der Waals surface area contributed by atoms with Crippen molar-refractivity contribution in [1.29, 1.82) is 5.26 Å². The molecule has 0 atom stereocenters. The van der Waals surface area contributed by atoms with E-state index in [0.717, 1.165) is 53.4 Å². The molecule has 0 fully saturated rings. The summed E-state index contributed by atoms with van der Waals surface area (Å²) in [6.45, 7) is 0.479. The summed E-state index contributed by atoms with van der Waals surface area (Å²) in [6, 6.07) is 30.4. The van der Waals surface area contributed by atoms with Crippen molar-refractivity contribution in [2.45, 2.75) is 6.54 Å². The van der Waals surface area contributed by atoms with E-state index < -0.39 is 0 Å². The Labute approximate surface area is 270 Å². The zero-order chi connectivity index (χ0) is 31.6. The summed E-state index contributed by atoms with van der Waals surface area (Å²) in [6.07, 6.45) is 0. The molecule has 8 rings (SSSR count). The van der Waals surface area contributed by atoms with Gasteiger partial charge in [0, 0.05) is 48.9 Å². The van der Waals surface area contributed by atoms with E-state index in [1.807, 2.05) is 47.2 Å². The molecule has 4 heterocycles. The third kappa shape index (κ3) is 5.82. The standard InChI is InChI=1S/C18H14FN3S.C18H10FN3S/c2*19-12-2-1-3-13(9-12)21-18-15-6-7-23-17(15)14-5-4-11(10-20)8-16(14)22-18/h1-9H,10,20H2,(H,21,22);1-9H,(H,21,22). The van der Waals surface area contributed by atoms with Crippen LogP contribution in [0.25, 0.3) is 42.0 Å². The molecule has 6 nitrogen and oxygen atoms in total. The van der Waals surface area contributed by atoms with Crippen molar-refractivity contribution in [2.75, 3.05) is 10.6 Å². The molecule has 4 aromatic carbocycles. The molecular weight excluding hydrogens is 619 g/mol. The van der Waals surface area contributed by atoms with E-state index in [1.54, 1.807) is 53.0 Å². The van der Waals surface area contributed by atoms with Crippen molar-refractivity contribution in [2.24, 2.45) is 5.73 Å². The van der Waals surface area contributed by atoms with Crippen LogP contribution in [0.4, 0.5) is 31.8 Å². The molecule has 0 radical (unpaired) electrons. The number of hydrogen-bond acceptors (Lipinski definition) is 8. The van der Waals surface area contributed by atoms with Crippen LogP contribution >= 0.6 is 22.7 Å². The fourth-order valence-corrected chi connectivity index (χ4v) is 7.10. The number of pyridine rings is 2. The maximum atomic E-state index is 13.4. The highest BCUT2D eigenvalue weighted by Gasteiger charge is 2.12. The summed E-state index contributed by atoms with van der Waals surface area (Å²) in [7, 11) is 0. The number of halogens is 2. The van der Waals surface area contributed by atoms with Gasteiger partial charge < -0.3 is 16.4 Å². The first-order valence-corrected chi connectivity index (χ1v) is 16.0. The van der Waals surface area contributed by atoms with Crippen molar-refractivity contribution < 1.29 is 8.78 Å². The summed E-state index contributed by atoms with van der Waals surface area (Å²) in [5, 5.41) is 23.7. The molecule has 10 heteroatoms. The van der Waals surface area contributed by atoms with Gasteiger partial charge in [0.2, 0.25) is 0 Å².